The first kappa shape index (κ1) is 18.0. The van der Waals surface area contributed by atoms with Crippen LogP contribution in [0.1, 0.15) is 26.3 Å². The van der Waals surface area contributed by atoms with Crippen LogP contribution in [0.4, 0.5) is 0 Å². The normalized spacial score (nSPS) is 11.0. The summed E-state index contributed by atoms with van der Waals surface area (Å²) in [7, 11) is 0. The summed E-state index contributed by atoms with van der Waals surface area (Å²) in [4.78, 5) is 2.35. The van der Waals surface area contributed by atoms with E-state index in [0.717, 1.165) is 45.1 Å². The van der Waals surface area contributed by atoms with Crippen LogP contribution >= 0.6 is 0 Å². The van der Waals surface area contributed by atoms with Crippen molar-refractivity contribution in [2.45, 2.75) is 27.3 Å². The number of rotatable bonds is 12. The van der Waals surface area contributed by atoms with Crippen LogP contribution in [0.5, 0.6) is 5.75 Å². The van der Waals surface area contributed by atoms with E-state index in [4.69, 9.17) is 9.47 Å². The van der Waals surface area contributed by atoms with Gasteiger partial charge in [-0.05, 0) is 37.3 Å². The third-order valence-electron chi connectivity index (χ3n) is 3.42. The van der Waals surface area contributed by atoms with Gasteiger partial charge >= 0.3 is 0 Å². The molecule has 0 saturated carbocycles. The van der Waals surface area contributed by atoms with E-state index in [1.807, 2.05) is 12.1 Å². The molecule has 0 unspecified atom stereocenters. The van der Waals surface area contributed by atoms with Gasteiger partial charge in [-0.15, -0.1) is 0 Å². The summed E-state index contributed by atoms with van der Waals surface area (Å²) < 4.78 is 11.3. The van der Waals surface area contributed by atoms with Gasteiger partial charge in [0.15, 0.2) is 0 Å². The molecule has 0 bridgehead atoms. The third-order valence-corrected chi connectivity index (χ3v) is 3.42. The fourth-order valence-electron chi connectivity index (χ4n) is 2.07. The van der Waals surface area contributed by atoms with Crippen LogP contribution in [-0.4, -0.2) is 50.9 Å². The zero-order valence-electron chi connectivity index (χ0n) is 13.7. The van der Waals surface area contributed by atoms with Crippen molar-refractivity contribution in [3.05, 3.63) is 29.8 Å². The predicted octanol–water partition coefficient (Wildman–Crippen LogP) is 2.53. The fourth-order valence-corrected chi connectivity index (χ4v) is 2.07. The number of benzene rings is 1. The van der Waals surface area contributed by atoms with Crippen LogP contribution in [0, 0.1) is 0 Å². The first-order valence-corrected chi connectivity index (χ1v) is 8.02. The Kier molecular flexibility index (Phi) is 9.87. The van der Waals surface area contributed by atoms with E-state index in [1.54, 1.807) is 0 Å². The first-order chi connectivity index (χ1) is 10.3. The zero-order valence-corrected chi connectivity index (χ0v) is 13.7. The molecule has 0 aliphatic carbocycles. The second-order valence-corrected chi connectivity index (χ2v) is 4.92. The molecular formula is C17H30N2O2. The van der Waals surface area contributed by atoms with Crippen molar-refractivity contribution in [2.75, 3.05) is 46.0 Å². The Bertz CT molecular complexity index is 368. The van der Waals surface area contributed by atoms with Crippen LogP contribution in [0.15, 0.2) is 24.3 Å². The average Bonchev–Trinajstić information content (AvgIpc) is 2.53. The summed E-state index contributed by atoms with van der Waals surface area (Å²) in [5.74, 6) is 0.915. The van der Waals surface area contributed by atoms with Gasteiger partial charge in [0.05, 0.1) is 13.2 Å². The van der Waals surface area contributed by atoms with Gasteiger partial charge in [-0.1, -0.05) is 32.9 Å². The summed E-state index contributed by atoms with van der Waals surface area (Å²) >= 11 is 0. The van der Waals surface area contributed by atoms with Crippen molar-refractivity contribution in [3.63, 3.8) is 0 Å². The molecule has 1 aromatic carbocycles. The van der Waals surface area contributed by atoms with Crippen LogP contribution in [0.3, 0.4) is 0 Å². The van der Waals surface area contributed by atoms with Crippen molar-refractivity contribution in [3.8, 4) is 5.75 Å². The highest BCUT2D eigenvalue weighted by Gasteiger charge is 1.99. The minimum atomic E-state index is 0.600. The van der Waals surface area contributed by atoms with Crippen LogP contribution in [0.2, 0.25) is 0 Å². The van der Waals surface area contributed by atoms with Crippen LogP contribution < -0.4 is 10.1 Å². The van der Waals surface area contributed by atoms with Gasteiger partial charge in [0.2, 0.25) is 0 Å². The molecule has 0 amide bonds. The number of nitrogens with one attached hydrogen (secondary N) is 1. The maximum atomic E-state index is 5.72. The Labute approximate surface area is 129 Å². The van der Waals surface area contributed by atoms with Crippen molar-refractivity contribution in [2.24, 2.45) is 0 Å². The standard InChI is InChI=1S/C17H30N2O2/c1-4-18-15-16-8-7-9-17(14-16)21-13-12-20-11-10-19(5-2)6-3/h7-9,14,18H,4-6,10-13,15H2,1-3H3. The summed E-state index contributed by atoms with van der Waals surface area (Å²) in [5, 5.41) is 3.31. The number of ether oxygens (including phenoxy) is 2. The van der Waals surface area contributed by atoms with E-state index in [9.17, 15) is 0 Å². The highest BCUT2D eigenvalue weighted by molar-refractivity contribution is 5.28. The van der Waals surface area contributed by atoms with Gasteiger partial charge < -0.3 is 19.7 Å². The van der Waals surface area contributed by atoms with Crippen molar-refractivity contribution < 1.29 is 9.47 Å². The lowest BCUT2D eigenvalue weighted by Crippen LogP contribution is -2.27. The second kappa shape index (κ2) is 11.5. The largest absolute Gasteiger partial charge is 0.491 e. The van der Waals surface area contributed by atoms with Gasteiger partial charge in [-0.25, -0.2) is 0 Å². The lowest BCUT2D eigenvalue weighted by Gasteiger charge is -2.17. The van der Waals surface area contributed by atoms with Crippen LogP contribution in [-0.2, 0) is 11.3 Å². The molecule has 4 heteroatoms. The molecule has 0 fully saturated rings. The molecule has 0 aliphatic heterocycles. The molecule has 0 saturated heterocycles. The van der Waals surface area contributed by atoms with Gasteiger partial charge in [0.25, 0.3) is 0 Å². The summed E-state index contributed by atoms with van der Waals surface area (Å²) in [6.07, 6.45) is 0. The van der Waals surface area contributed by atoms with Crippen molar-refractivity contribution in [1.82, 2.24) is 10.2 Å². The Hall–Kier alpha value is -1.10. The van der Waals surface area contributed by atoms with Gasteiger partial charge in [-0.2, -0.15) is 0 Å². The lowest BCUT2D eigenvalue weighted by molar-refractivity contribution is 0.0819. The highest BCUT2D eigenvalue weighted by Crippen LogP contribution is 2.13. The fraction of sp³-hybridized carbons (Fsp3) is 0.647. The van der Waals surface area contributed by atoms with Crippen LogP contribution in [0.25, 0.3) is 0 Å². The molecule has 0 atom stereocenters. The summed E-state index contributed by atoms with van der Waals surface area (Å²) in [6, 6.07) is 8.21. The van der Waals surface area contributed by atoms with Crippen molar-refractivity contribution in [1.29, 1.82) is 0 Å². The molecule has 1 rings (SSSR count). The lowest BCUT2D eigenvalue weighted by atomic mass is 10.2. The maximum Gasteiger partial charge on any atom is 0.119 e. The van der Waals surface area contributed by atoms with Gasteiger partial charge in [0, 0.05) is 13.1 Å². The smallest absolute Gasteiger partial charge is 0.119 e. The number of hydrogen-bond acceptors (Lipinski definition) is 4. The van der Waals surface area contributed by atoms with E-state index in [-0.39, 0.29) is 0 Å². The third kappa shape index (κ3) is 8.05. The summed E-state index contributed by atoms with van der Waals surface area (Å²) in [5.41, 5.74) is 1.25. The average molecular weight is 294 g/mol. The van der Waals surface area contributed by atoms with Crippen molar-refractivity contribution >= 4 is 0 Å². The van der Waals surface area contributed by atoms with E-state index < -0.39 is 0 Å². The number of hydrogen-bond donors (Lipinski definition) is 1. The highest BCUT2D eigenvalue weighted by atomic mass is 16.5. The molecule has 1 N–H and O–H groups in total. The molecule has 0 spiro atoms. The van der Waals surface area contributed by atoms with E-state index in [0.29, 0.717) is 13.2 Å². The molecule has 0 heterocycles. The monoisotopic (exact) mass is 294 g/mol. The van der Waals surface area contributed by atoms with Gasteiger partial charge in [-0.3, -0.25) is 0 Å². The Balaban J connectivity index is 2.15. The molecule has 0 radical (unpaired) electrons. The quantitative estimate of drug-likeness (QED) is 0.601. The molecule has 0 aliphatic rings. The second-order valence-electron chi connectivity index (χ2n) is 4.92. The molecular weight excluding hydrogens is 264 g/mol. The van der Waals surface area contributed by atoms with E-state index in [1.165, 1.54) is 5.56 Å². The molecule has 21 heavy (non-hydrogen) atoms. The molecule has 120 valence electrons. The molecule has 4 nitrogen and oxygen atoms in total. The number of likely N-dealkylation sites (N-methyl/N-ethyl adjacent to an activating group) is 1. The number of nitrogens with zero attached hydrogens (tertiary/aromatic N) is 1. The summed E-state index contributed by atoms with van der Waals surface area (Å²) in [6.45, 7) is 13.5. The molecule has 0 aromatic heterocycles. The Morgan fingerprint density at radius 1 is 1.05 bits per heavy atom. The van der Waals surface area contributed by atoms with E-state index in [2.05, 4.69) is 43.1 Å². The maximum absolute atomic E-state index is 5.72. The zero-order chi connectivity index (χ0) is 15.3. The van der Waals surface area contributed by atoms with Gasteiger partial charge in [0.1, 0.15) is 12.4 Å². The molecule has 1 aromatic rings. The Morgan fingerprint density at radius 2 is 1.86 bits per heavy atom. The SMILES string of the molecule is CCNCc1cccc(OCCOCCN(CC)CC)c1. The minimum absolute atomic E-state index is 0.600. The minimum Gasteiger partial charge on any atom is -0.491 e. The van der Waals surface area contributed by atoms with E-state index >= 15 is 0 Å². The predicted molar refractivity (Wildman–Crippen MR) is 87.9 cm³/mol. The topological polar surface area (TPSA) is 33.7 Å². The Morgan fingerprint density at radius 3 is 2.57 bits per heavy atom. The first-order valence-electron chi connectivity index (χ1n) is 8.02.